The first kappa shape index (κ1) is 25.8. The first-order valence-electron chi connectivity index (χ1n) is 13.3. The summed E-state index contributed by atoms with van der Waals surface area (Å²) in [6.45, 7) is 14.1. The van der Waals surface area contributed by atoms with E-state index in [-0.39, 0.29) is 5.82 Å². The zero-order valence-corrected chi connectivity index (χ0v) is 21.7. The van der Waals surface area contributed by atoms with Gasteiger partial charge in [-0.15, -0.1) is 0 Å². The molecule has 4 rings (SSSR count). The molecular formula is C30H41F2N3. The summed E-state index contributed by atoms with van der Waals surface area (Å²) in [4.78, 5) is 9.13. The summed E-state index contributed by atoms with van der Waals surface area (Å²) in [5.74, 6) is 1.07. The van der Waals surface area contributed by atoms with Crippen LogP contribution >= 0.6 is 0 Å². The third kappa shape index (κ3) is 7.13. The van der Waals surface area contributed by atoms with Crippen LogP contribution in [0.3, 0.4) is 0 Å². The second kappa shape index (κ2) is 11.2. The molecule has 0 bridgehead atoms. The van der Waals surface area contributed by atoms with Crippen molar-refractivity contribution in [2.45, 2.75) is 65.0 Å². The molecule has 2 fully saturated rings. The van der Waals surface area contributed by atoms with E-state index in [0.717, 1.165) is 80.8 Å². The second-order valence-electron chi connectivity index (χ2n) is 11.3. The third-order valence-corrected chi connectivity index (χ3v) is 7.59. The zero-order valence-electron chi connectivity index (χ0n) is 21.7. The number of aryl methyl sites for hydroxylation is 1. The van der Waals surface area contributed by atoms with Gasteiger partial charge in [-0.1, -0.05) is 25.6 Å². The highest BCUT2D eigenvalue weighted by atomic mass is 19.1. The van der Waals surface area contributed by atoms with Crippen LogP contribution in [-0.4, -0.2) is 53.2 Å². The molecule has 5 heteroatoms. The highest BCUT2D eigenvalue weighted by Crippen LogP contribution is 2.30. The Balaban J connectivity index is 1.30. The van der Waals surface area contributed by atoms with Crippen molar-refractivity contribution in [1.82, 2.24) is 14.8 Å². The smallest absolute Gasteiger partial charge is 0.133 e. The molecule has 1 aromatic heterocycles. The van der Waals surface area contributed by atoms with E-state index < -0.39 is 5.67 Å². The second-order valence-corrected chi connectivity index (χ2v) is 11.3. The molecule has 0 aliphatic carbocycles. The fourth-order valence-electron chi connectivity index (χ4n) is 5.59. The van der Waals surface area contributed by atoms with Crippen molar-refractivity contribution in [3.05, 3.63) is 60.2 Å². The third-order valence-electron chi connectivity index (χ3n) is 7.59. The van der Waals surface area contributed by atoms with E-state index in [1.165, 1.54) is 6.42 Å². The molecule has 2 aromatic rings. The fourth-order valence-corrected chi connectivity index (χ4v) is 5.59. The topological polar surface area (TPSA) is 19.4 Å². The Morgan fingerprint density at radius 2 is 1.83 bits per heavy atom. The van der Waals surface area contributed by atoms with Crippen molar-refractivity contribution in [3.63, 3.8) is 0 Å². The number of aromatic nitrogens is 1. The quantitative estimate of drug-likeness (QED) is 0.405. The van der Waals surface area contributed by atoms with Gasteiger partial charge in [-0.25, -0.2) is 8.78 Å². The fraction of sp³-hybridized carbons (Fsp3) is 0.567. The van der Waals surface area contributed by atoms with E-state index >= 15 is 4.39 Å². The van der Waals surface area contributed by atoms with Crippen LogP contribution in [0.1, 0.15) is 64.1 Å². The Bertz CT molecular complexity index is 988. The molecule has 1 unspecified atom stereocenters. The van der Waals surface area contributed by atoms with E-state index in [2.05, 4.69) is 34.4 Å². The maximum atomic E-state index is 15.0. The van der Waals surface area contributed by atoms with Gasteiger partial charge in [-0.3, -0.25) is 4.98 Å². The lowest BCUT2D eigenvalue weighted by Gasteiger charge is -2.34. The summed E-state index contributed by atoms with van der Waals surface area (Å²) in [6, 6.07) is 9.55. The van der Waals surface area contributed by atoms with Crippen molar-refractivity contribution < 1.29 is 8.78 Å². The van der Waals surface area contributed by atoms with Crippen LogP contribution in [0.25, 0.3) is 16.8 Å². The van der Waals surface area contributed by atoms with Crippen LogP contribution in [-0.2, 0) is 6.42 Å². The van der Waals surface area contributed by atoms with Crippen LogP contribution in [0.2, 0.25) is 0 Å². The molecule has 2 aliphatic rings. The highest BCUT2D eigenvalue weighted by molar-refractivity contribution is 5.69. The Kier molecular flexibility index (Phi) is 8.26. The van der Waals surface area contributed by atoms with Crippen molar-refractivity contribution in [3.8, 4) is 11.1 Å². The van der Waals surface area contributed by atoms with Gasteiger partial charge in [0.05, 0.1) is 0 Å². The van der Waals surface area contributed by atoms with Gasteiger partial charge in [-0.05, 0) is 101 Å². The zero-order chi connectivity index (χ0) is 25.0. The molecule has 0 amide bonds. The molecule has 190 valence electrons. The minimum atomic E-state index is -1.12. The first-order valence-corrected chi connectivity index (χ1v) is 13.3. The molecule has 1 atom stereocenters. The van der Waals surface area contributed by atoms with Crippen LogP contribution < -0.4 is 0 Å². The SMILES string of the molecule is C=C(c1ccc(-c2ccc(CCC3CCN(CC(C)(C)F)CC3)nc2)cc1F)N1CCCC(C)C1. The lowest BCUT2D eigenvalue weighted by Crippen LogP contribution is -2.41. The molecule has 3 heterocycles. The maximum absolute atomic E-state index is 15.0. The molecule has 3 nitrogen and oxygen atoms in total. The number of nitrogens with zero attached hydrogens (tertiary/aromatic N) is 3. The Morgan fingerprint density at radius 1 is 1.09 bits per heavy atom. The molecule has 2 saturated heterocycles. The summed E-state index contributed by atoms with van der Waals surface area (Å²) in [5, 5.41) is 0. The first-order chi connectivity index (χ1) is 16.7. The average Bonchev–Trinajstić information content (AvgIpc) is 2.82. The van der Waals surface area contributed by atoms with Crippen molar-refractivity contribution in [2.24, 2.45) is 11.8 Å². The standard InChI is InChI=1S/C30H41F2N3/c1-22-6-5-15-35(20-22)23(2)28-12-9-25(18-29(28)31)26-8-11-27(33-19-26)10-7-24-13-16-34(17-14-24)21-30(3,4)32/h8-9,11-12,18-19,22,24H,2,5-7,10,13-17,20-21H2,1,3-4H3. The van der Waals surface area contributed by atoms with Gasteiger partial charge in [0.15, 0.2) is 0 Å². The largest absolute Gasteiger partial charge is 0.371 e. The summed E-state index contributed by atoms with van der Waals surface area (Å²) < 4.78 is 28.9. The molecule has 35 heavy (non-hydrogen) atoms. The van der Waals surface area contributed by atoms with E-state index in [4.69, 9.17) is 0 Å². The van der Waals surface area contributed by atoms with E-state index in [1.807, 2.05) is 24.4 Å². The minimum Gasteiger partial charge on any atom is -0.371 e. The van der Waals surface area contributed by atoms with E-state index in [9.17, 15) is 4.39 Å². The van der Waals surface area contributed by atoms with Crippen LogP contribution in [0.5, 0.6) is 0 Å². The Hall–Kier alpha value is -2.27. The Morgan fingerprint density at radius 3 is 2.46 bits per heavy atom. The van der Waals surface area contributed by atoms with Crippen LogP contribution in [0.4, 0.5) is 8.78 Å². The number of likely N-dealkylation sites (tertiary alicyclic amines) is 2. The minimum absolute atomic E-state index is 0.225. The average molecular weight is 482 g/mol. The molecule has 0 radical (unpaired) electrons. The number of benzene rings is 1. The highest BCUT2D eigenvalue weighted by Gasteiger charge is 2.25. The summed E-state index contributed by atoms with van der Waals surface area (Å²) >= 11 is 0. The van der Waals surface area contributed by atoms with Crippen molar-refractivity contribution in [1.29, 1.82) is 0 Å². The van der Waals surface area contributed by atoms with E-state index in [1.54, 1.807) is 19.9 Å². The predicted molar refractivity (Wildman–Crippen MR) is 141 cm³/mol. The van der Waals surface area contributed by atoms with Crippen LogP contribution in [0, 0.1) is 17.7 Å². The molecule has 0 saturated carbocycles. The maximum Gasteiger partial charge on any atom is 0.133 e. The number of hydrogen-bond acceptors (Lipinski definition) is 3. The molecule has 1 aromatic carbocycles. The predicted octanol–water partition coefficient (Wildman–Crippen LogP) is 6.98. The summed E-state index contributed by atoms with van der Waals surface area (Å²) in [6.07, 6.45) is 8.53. The number of halogens is 2. The summed E-state index contributed by atoms with van der Waals surface area (Å²) in [5.41, 5.74) is 3.10. The number of rotatable bonds is 8. The summed E-state index contributed by atoms with van der Waals surface area (Å²) in [7, 11) is 0. The number of pyridine rings is 1. The van der Waals surface area contributed by atoms with Gasteiger partial charge in [0.2, 0.25) is 0 Å². The van der Waals surface area contributed by atoms with Crippen LogP contribution in [0.15, 0.2) is 43.1 Å². The number of hydrogen-bond donors (Lipinski definition) is 0. The lowest BCUT2D eigenvalue weighted by atomic mass is 9.91. The van der Waals surface area contributed by atoms with E-state index in [0.29, 0.717) is 23.9 Å². The Labute approximate surface area is 210 Å². The molecule has 2 aliphatic heterocycles. The number of alkyl halides is 1. The van der Waals surface area contributed by atoms with Gasteiger partial charge in [0.1, 0.15) is 11.5 Å². The number of piperidine rings is 2. The van der Waals surface area contributed by atoms with Crippen molar-refractivity contribution >= 4 is 5.70 Å². The molecular weight excluding hydrogens is 440 g/mol. The van der Waals surface area contributed by atoms with Crippen molar-refractivity contribution in [2.75, 3.05) is 32.7 Å². The molecule has 0 spiro atoms. The van der Waals surface area contributed by atoms with Gasteiger partial charge >= 0.3 is 0 Å². The normalized spacial score (nSPS) is 20.3. The van der Waals surface area contributed by atoms with Gasteiger partial charge < -0.3 is 9.80 Å². The van der Waals surface area contributed by atoms with Gasteiger partial charge in [-0.2, -0.15) is 0 Å². The molecule has 0 N–H and O–H groups in total. The monoisotopic (exact) mass is 481 g/mol. The lowest BCUT2D eigenvalue weighted by molar-refractivity contribution is 0.0942. The van der Waals surface area contributed by atoms with Gasteiger partial charge in [0, 0.05) is 48.3 Å². The van der Waals surface area contributed by atoms with Gasteiger partial charge in [0.25, 0.3) is 0 Å².